The number of nitrogens with one attached hydrogen (secondary N) is 2. The molecule has 4 aromatic rings. The maximum atomic E-state index is 13.4. The predicted molar refractivity (Wildman–Crippen MR) is 137 cm³/mol. The number of rotatable bonds is 6. The molecule has 3 aromatic carbocycles. The summed E-state index contributed by atoms with van der Waals surface area (Å²) < 4.78 is 19.5. The second kappa shape index (κ2) is 9.74. The number of hydrogen-bond donors (Lipinski definition) is 2. The lowest BCUT2D eigenvalue weighted by Gasteiger charge is -2.18. The van der Waals surface area contributed by atoms with Crippen molar-refractivity contribution in [1.29, 1.82) is 0 Å². The Morgan fingerprint density at radius 3 is 2.26 bits per heavy atom. The van der Waals surface area contributed by atoms with E-state index in [0.717, 1.165) is 17.5 Å². The van der Waals surface area contributed by atoms with Gasteiger partial charge in [0.05, 0.1) is 5.56 Å². The molecule has 1 aromatic heterocycles. The first-order chi connectivity index (χ1) is 16.7. The van der Waals surface area contributed by atoms with Crippen molar-refractivity contribution in [2.45, 2.75) is 27.2 Å². The minimum atomic E-state index is -0.365. The molecule has 5 nitrogen and oxygen atoms in total. The number of amides is 2. The summed E-state index contributed by atoms with van der Waals surface area (Å²) in [7, 11) is 1.56. The number of furan rings is 1. The summed E-state index contributed by atoms with van der Waals surface area (Å²) in [6.45, 7) is 7.02. The highest BCUT2D eigenvalue weighted by molar-refractivity contribution is 6.11. The highest BCUT2D eigenvalue weighted by Gasteiger charge is 2.22. The van der Waals surface area contributed by atoms with E-state index >= 15 is 0 Å². The van der Waals surface area contributed by atoms with Crippen molar-refractivity contribution in [3.8, 4) is 22.5 Å². The molecule has 0 unspecified atom stereocenters. The Bertz CT molecular complexity index is 1380. The zero-order valence-corrected chi connectivity index (χ0v) is 20.4. The van der Waals surface area contributed by atoms with Crippen molar-refractivity contribution in [3.05, 3.63) is 83.7 Å². The Labute approximate surface area is 204 Å². The van der Waals surface area contributed by atoms with Gasteiger partial charge in [-0.05, 0) is 71.5 Å². The largest absolute Gasteiger partial charge is 0.455 e. The summed E-state index contributed by atoms with van der Waals surface area (Å²) in [5.41, 5.74) is 3.94. The summed E-state index contributed by atoms with van der Waals surface area (Å²) >= 11 is 0. The molecule has 0 bridgehead atoms. The molecule has 0 aliphatic heterocycles. The second-order valence-electron chi connectivity index (χ2n) is 9.75. The van der Waals surface area contributed by atoms with Gasteiger partial charge in [-0.1, -0.05) is 39.0 Å². The number of carbonyl (C=O) groups excluding carboxylic acids is 2. The summed E-state index contributed by atoms with van der Waals surface area (Å²) in [6, 6.07) is 18.8. The van der Waals surface area contributed by atoms with Crippen LogP contribution in [0.5, 0.6) is 0 Å². The topological polar surface area (TPSA) is 71.3 Å². The third-order valence-corrected chi connectivity index (χ3v) is 5.87. The van der Waals surface area contributed by atoms with Gasteiger partial charge in [-0.3, -0.25) is 9.59 Å². The number of halogens is 1. The van der Waals surface area contributed by atoms with Crippen molar-refractivity contribution >= 4 is 22.8 Å². The SMILES string of the molecule is CNC(=O)c1c(-c2ccc(F)cc2)oc2ccc(-c3cccc(C(=O)NCCC(C)(C)C)c3)cc12. The van der Waals surface area contributed by atoms with Gasteiger partial charge in [-0.15, -0.1) is 0 Å². The van der Waals surface area contributed by atoms with Crippen molar-refractivity contribution in [3.63, 3.8) is 0 Å². The van der Waals surface area contributed by atoms with Gasteiger partial charge in [0.25, 0.3) is 11.8 Å². The van der Waals surface area contributed by atoms with Crippen LogP contribution in [0.1, 0.15) is 47.9 Å². The normalized spacial score (nSPS) is 11.5. The minimum absolute atomic E-state index is 0.120. The lowest BCUT2D eigenvalue weighted by atomic mass is 9.92. The molecule has 0 saturated heterocycles. The van der Waals surface area contributed by atoms with Gasteiger partial charge in [0, 0.05) is 30.1 Å². The monoisotopic (exact) mass is 472 g/mol. The summed E-state index contributed by atoms with van der Waals surface area (Å²) in [5.74, 6) is -0.406. The van der Waals surface area contributed by atoms with Crippen LogP contribution in [0.25, 0.3) is 33.4 Å². The molecule has 180 valence electrons. The third-order valence-electron chi connectivity index (χ3n) is 5.87. The Morgan fingerprint density at radius 2 is 1.57 bits per heavy atom. The van der Waals surface area contributed by atoms with Crippen LogP contribution in [0.2, 0.25) is 0 Å². The molecule has 0 aliphatic carbocycles. The molecule has 0 aliphatic rings. The molecule has 0 saturated carbocycles. The molecule has 35 heavy (non-hydrogen) atoms. The van der Waals surface area contributed by atoms with Crippen LogP contribution in [0, 0.1) is 11.2 Å². The van der Waals surface area contributed by atoms with Gasteiger partial charge < -0.3 is 15.1 Å². The van der Waals surface area contributed by atoms with E-state index in [0.29, 0.717) is 40.0 Å². The molecule has 0 radical (unpaired) electrons. The molecule has 6 heteroatoms. The van der Waals surface area contributed by atoms with Crippen LogP contribution >= 0.6 is 0 Å². The molecule has 0 atom stereocenters. The molecule has 0 fully saturated rings. The standard InChI is InChI=1S/C29H29FN2O3/c1-29(2,3)14-15-32-27(33)21-7-5-6-19(16-21)20-10-13-24-23(17-20)25(28(34)31-4)26(35-24)18-8-11-22(30)12-9-18/h5-13,16-17H,14-15H2,1-4H3,(H,31,34)(H,32,33). The van der Waals surface area contributed by atoms with Crippen molar-refractivity contribution in [2.75, 3.05) is 13.6 Å². The quantitative estimate of drug-likeness (QED) is 0.340. The maximum Gasteiger partial charge on any atom is 0.255 e. The zero-order valence-electron chi connectivity index (χ0n) is 20.4. The van der Waals surface area contributed by atoms with Gasteiger partial charge in [0.2, 0.25) is 0 Å². The average molecular weight is 473 g/mol. The number of fused-ring (bicyclic) bond motifs is 1. The van der Waals surface area contributed by atoms with Crippen molar-refractivity contribution in [2.24, 2.45) is 5.41 Å². The molecular weight excluding hydrogens is 443 g/mol. The van der Waals surface area contributed by atoms with E-state index in [1.807, 2.05) is 30.3 Å². The van der Waals surface area contributed by atoms with E-state index in [-0.39, 0.29) is 23.0 Å². The smallest absolute Gasteiger partial charge is 0.255 e. The van der Waals surface area contributed by atoms with E-state index < -0.39 is 0 Å². The molecule has 2 amide bonds. The van der Waals surface area contributed by atoms with Crippen molar-refractivity contribution in [1.82, 2.24) is 10.6 Å². The van der Waals surface area contributed by atoms with E-state index in [4.69, 9.17) is 4.42 Å². The van der Waals surface area contributed by atoms with Gasteiger partial charge in [-0.2, -0.15) is 0 Å². The Kier molecular flexibility index (Phi) is 6.74. The summed E-state index contributed by atoms with van der Waals surface area (Å²) in [4.78, 5) is 25.5. The minimum Gasteiger partial charge on any atom is -0.455 e. The number of carbonyl (C=O) groups is 2. The fourth-order valence-corrected chi connectivity index (χ4v) is 3.93. The van der Waals surface area contributed by atoms with Crippen molar-refractivity contribution < 1.29 is 18.4 Å². The third kappa shape index (κ3) is 5.43. The first-order valence-corrected chi connectivity index (χ1v) is 11.6. The molecule has 0 spiro atoms. The van der Waals surface area contributed by atoms with Gasteiger partial charge in [0.15, 0.2) is 0 Å². The molecule has 1 heterocycles. The summed E-state index contributed by atoms with van der Waals surface area (Å²) in [5, 5.41) is 6.30. The first-order valence-electron chi connectivity index (χ1n) is 11.6. The molecule has 4 rings (SSSR count). The van der Waals surface area contributed by atoms with Crippen LogP contribution < -0.4 is 10.6 Å². The molecular formula is C29H29FN2O3. The predicted octanol–water partition coefficient (Wildman–Crippen LogP) is 6.43. The fraction of sp³-hybridized carbons (Fsp3) is 0.241. The highest BCUT2D eigenvalue weighted by Crippen LogP contribution is 2.36. The zero-order chi connectivity index (χ0) is 25.2. The van der Waals surface area contributed by atoms with Crippen LogP contribution in [-0.2, 0) is 0 Å². The van der Waals surface area contributed by atoms with Gasteiger partial charge >= 0.3 is 0 Å². The lowest BCUT2D eigenvalue weighted by molar-refractivity contribution is 0.0946. The van der Waals surface area contributed by atoms with E-state index in [1.165, 1.54) is 12.1 Å². The van der Waals surface area contributed by atoms with E-state index in [2.05, 4.69) is 31.4 Å². The highest BCUT2D eigenvalue weighted by atomic mass is 19.1. The van der Waals surface area contributed by atoms with Gasteiger partial charge in [-0.25, -0.2) is 4.39 Å². The number of benzene rings is 3. The van der Waals surface area contributed by atoms with Crippen LogP contribution in [0.15, 0.2) is 71.1 Å². The Hall–Kier alpha value is -3.93. The van der Waals surface area contributed by atoms with Crippen LogP contribution in [0.4, 0.5) is 4.39 Å². The fourth-order valence-electron chi connectivity index (χ4n) is 3.93. The Balaban J connectivity index is 1.71. The summed E-state index contributed by atoms with van der Waals surface area (Å²) in [6.07, 6.45) is 0.883. The Morgan fingerprint density at radius 1 is 0.886 bits per heavy atom. The average Bonchev–Trinajstić information content (AvgIpc) is 3.22. The number of hydrogen-bond acceptors (Lipinski definition) is 3. The first kappa shape index (κ1) is 24.2. The molecule has 2 N–H and O–H groups in total. The van der Waals surface area contributed by atoms with E-state index in [9.17, 15) is 14.0 Å². The maximum absolute atomic E-state index is 13.4. The van der Waals surface area contributed by atoms with Crippen LogP contribution in [0.3, 0.4) is 0 Å². The van der Waals surface area contributed by atoms with Crippen LogP contribution in [-0.4, -0.2) is 25.4 Å². The second-order valence-corrected chi connectivity index (χ2v) is 9.75. The van der Waals surface area contributed by atoms with E-state index in [1.54, 1.807) is 31.3 Å². The van der Waals surface area contributed by atoms with Gasteiger partial charge in [0.1, 0.15) is 17.2 Å². The lowest BCUT2D eigenvalue weighted by Crippen LogP contribution is -2.27.